The molecule has 4 nitrogen and oxygen atoms in total. The zero-order valence-electron chi connectivity index (χ0n) is 9.86. The van der Waals surface area contributed by atoms with Gasteiger partial charge in [-0.25, -0.2) is 0 Å². The van der Waals surface area contributed by atoms with Gasteiger partial charge in [0.2, 0.25) is 11.8 Å². The van der Waals surface area contributed by atoms with Gasteiger partial charge in [0.1, 0.15) is 0 Å². The molecule has 0 atom stereocenters. The summed E-state index contributed by atoms with van der Waals surface area (Å²) in [6, 6.07) is 0. The highest BCUT2D eigenvalue weighted by molar-refractivity contribution is 8.00. The number of aliphatic hydroxyl groups excluding tert-OH is 1. The Kier molecular flexibility index (Phi) is 4.80. The molecule has 0 unspecified atom stereocenters. The Hall–Kier alpha value is -0.550. The Morgan fingerprint density at radius 3 is 2.38 bits per heavy atom. The van der Waals surface area contributed by atoms with Gasteiger partial charge in [0.05, 0.1) is 11.5 Å². The third-order valence-corrected chi connectivity index (χ3v) is 3.55. The highest BCUT2D eigenvalue weighted by Gasteiger charge is 2.31. The summed E-state index contributed by atoms with van der Waals surface area (Å²) in [7, 11) is 0. The smallest absolute Gasteiger partial charge is 0.239 e. The van der Waals surface area contributed by atoms with Crippen LogP contribution in [0, 0.1) is 5.41 Å². The van der Waals surface area contributed by atoms with Crippen molar-refractivity contribution in [3.63, 3.8) is 0 Å². The van der Waals surface area contributed by atoms with Crippen LogP contribution in [-0.2, 0) is 9.59 Å². The average Bonchev–Trinajstić information content (AvgIpc) is 2.21. The number of carbonyl (C=O) groups is 2. The minimum atomic E-state index is -0.115. The van der Waals surface area contributed by atoms with Crippen LogP contribution in [0.4, 0.5) is 0 Å². The fourth-order valence-corrected chi connectivity index (χ4v) is 2.52. The molecule has 5 heteroatoms. The van der Waals surface area contributed by atoms with Gasteiger partial charge in [0, 0.05) is 13.2 Å². The van der Waals surface area contributed by atoms with Crippen molar-refractivity contribution in [2.75, 3.05) is 24.7 Å². The van der Waals surface area contributed by atoms with Crippen LogP contribution in [-0.4, -0.2) is 46.5 Å². The van der Waals surface area contributed by atoms with E-state index in [1.807, 2.05) is 13.8 Å². The molecule has 0 radical (unpaired) electrons. The Morgan fingerprint density at radius 2 is 1.88 bits per heavy atom. The van der Waals surface area contributed by atoms with Crippen LogP contribution >= 0.6 is 11.8 Å². The molecule has 0 saturated carbocycles. The van der Waals surface area contributed by atoms with E-state index in [2.05, 4.69) is 0 Å². The lowest BCUT2D eigenvalue weighted by molar-refractivity contribution is -0.143. The molecular formula is C11H19NO3S. The fourth-order valence-electron chi connectivity index (χ4n) is 1.76. The maximum Gasteiger partial charge on any atom is 0.239 e. The van der Waals surface area contributed by atoms with Crippen LogP contribution < -0.4 is 0 Å². The number of amides is 2. The van der Waals surface area contributed by atoms with Crippen LogP contribution in [0.5, 0.6) is 0 Å². The lowest BCUT2D eigenvalue weighted by atomic mass is 9.87. The molecule has 1 aliphatic rings. The molecule has 1 N–H and O–H groups in total. The Balaban J connectivity index is 2.56. The largest absolute Gasteiger partial charge is 0.396 e. The van der Waals surface area contributed by atoms with Gasteiger partial charge in [0.25, 0.3) is 0 Å². The van der Waals surface area contributed by atoms with Crippen molar-refractivity contribution in [2.24, 2.45) is 5.41 Å². The highest BCUT2D eigenvalue weighted by Crippen LogP contribution is 2.25. The van der Waals surface area contributed by atoms with Crippen LogP contribution in [0.1, 0.15) is 26.7 Å². The molecule has 1 fully saturated rings. The van der Waals surface area contributed by atoms with Crippen molar-refractivity contribution in [2.45, 2.75) is 26.7 Å². The molecule has 1 aliphatic heterocycles. The summed E-state index contributed by atoms with van der Waals surface area (Å²) in [6.07, 6.45) is 1.52. The zero-order valence-corrected chi connectivity index (χ0v) is 10.7. The molecule has 0 aromatic rings. The number of hydrogen-bond acceptors (Lipinski definition) is 4. The summed E-state index contributed by atoms with van der Waals surface area (Å²) in [5, 5.41) is 8.79. The van der Waals surface area contributed by atoms with Crippen molar-refractivity contribution in [3.05, 3.63) is 0 Å². The Bertz CT molecular complexity index is 262. The van der Waals surface area contributed by atoms with Crippen molar-refractivity contribution >= 4 is 23.6 Å². The van der Waals surface area contributed by atoms with Crippen molar-refractivity contribution in [1.82, 2.24) is 4.90 Å². The predicted octanol–water partition coefficient (Wildman–Crippen LogP) is 0.887. The molecule has 0 aliphatic carbocycles. The lowest BCUT2D eigenvalue weighted by Crippen LogP contribution is -2.47. The third kappa shape index (κ3) is 3.79. The van der Waals surface area contributed by atoms with Gasteiger partial charge in [0.15, 0.2) is 0 Å². The van der Waals surface area contributed by atoms with Crippen LogP contribution in [0.3, 0.4) is 0 Å². The molecule has 2 amide bonds. The van der Waals surface area contributed by atoms with Crippen molar-refractivity contribution < 1.29 is 14.7 Å². The number of imide groups is 1. The number of rotatable bonds is 5. The maximum absolute atomic E-state index is 11.6. The van der Waals surface area contributed by atoms with Crippen LogP contribution in [0.2, 0.25) is 0 Å². The molecule has 1 rings (SSSR count). The second-order valence-electron chi connectivity index (χ2n) is 4.86. The Morgan fingerprint density at radius 1 is 1.31 bits per heavy atom. The quantitative estimate of drug-likeness (QED) is 0.731. The zero-order chi connectivity index (χ0) is 12.2. The standard InChI is InChI=1S/C11H19NO3S/c1-11(2,4-3-5-13)8-12-9(14)6-16-7-10(12)15/h13H,3-8H2,1-2H3. The van der Waals surface area contributed by atoms with E-state index in [0.717, 1.165) is 6.42 Å². The maximum atomic E-state index is 11.6. The molecule has 16 heavy (non-hydrogen) atoms. The summed E-state index contributed by atoms with van der Waals surface area (Å²) in [4.78, 5) is 24.6. The fraction of sp³-hybridized carbons (Fsp3) is 0.818. The molecule has 0 bridgehead atoms. The summed E-state index contributed by atoms with van der Waals surface area (Å²) in [5.41, 5.74) is -0.115. The van der Waals surface area contributed by atoms with E-state index in [0.29, 0.717) is 24.5 Å². The minimum Gasteiger partial charge on any atom is -0.396 e. The SMILES string of the molecule is CC(C)(CCCO)CN1C(=O)CSCC1=O. The van der Waals surface area contributed by atoms with E-state index < -0.39 is 0 Å². The highest BCUT2D eigenvalue weighted by atomic mass is 32.2. The molecule has 92 valence electrons. The second kappa shape index (κ2) is 5.68. The minimum absolute atomic E-state index is 0.0849. The lowest BCUT2D eigenvalue weighted by Gasteiger charge is -2.33. The van der Waals surface area contributed by atoms with E-state index in [4.69, 9.17) is 5.11 Å². The molecular weight excluding hydrogens is 226 g/mol. The molecule has 0 aromatic heterocycles. The van der Waals surface area contributed by atoms with Gasteiger partial charge in [-0.05, 0) is 18.3 Å². The molecule has 1 saturated heterocycles. The van der Waals surface area contributed by atoms with E-state index in [1.165, 1.54) is 16.7 Å². The van der Waals surface area contributed by atoms with E-state index in [1.54, 1.807) is 0 Å². The van der Waals surface area contributed by atoms with Gasteiger partial charge in [-0.1, -0.05) is 13.8 Å². The van der Waals surface area contributed by atoms with E-state index in [-0.39, 0.29) is 23.8 Å². The average molecular weight is 245 g/mol. The number of thioether (sulfide) groups is 1. The second-order valence-corrected chi connectivity index (χ2v) is 5.84. The van der Waals surface area contributed by atoms with Crippen LogP contribution in [0.15, 0.2) is 0 Å². The first-order valence-electron chi connectivity index (χ1n) is 5.48. The number of hydrogen-bond donors (Lipinski definition) is 1. The first kappa shape index (κ1) is 13.5. The number of nitrogens with zero attached hydrogens (tertiary/aromatic N) is 1. The van der Waals surface area contributed by atoms with E-state index >= 15 is 0 Å². The van der Waals surface area contributed by atoms with Crippen molar-refractivity contribution in [3.8, 4) is 0 Å². The van der Waals surface area contributed by atoms with Crippen LogP contribution in [0.25, 0.3) is 0 Å². The summed E-state index contributed by atoms with van der Waals surface area (Å²) in [5.74, 6) is 0.639. The van der Waals surface area contributed by atoms with Gasteiger partial charge in [-0.3, -0.25) is 14.5 Å². The van der Waals surface area contributed by atoms with Gasteiger partial charge >= 0.3 is 0 Å². The van der Waals surface area contributed by atoms with Gasteiger partial charge in [-0.15, -0.1) is 11.8 Å². The monoisotopic (exact) mass is 245 g/mol. The first-order chi connectivity index (χ1) is 7.46. The number of carbonyl (C=O) groups excluding carboxylic acids is 2. The normalized spacial score (nSPS) is 18.1. The third-order valence-electron chi connectivity index (χ3n) is 2.65. The summed E-state index contributed by atoms with van der Waals surface area (Å²) in [6.45, 7) is 4.66. The molecule has 0 spiro atoms. The topological polar surface area (TPSA) is 57.6 Å². The predicted molar refractivity (Wildman–Crippen MR) is 64.1 cm³/mol. The summed E-state index contributed by atoms with van der Waals surface area (Å²) < 4.78 is 0. The van der Waals surface area contributed by atoms with E-state index in [9.17, 15) is 9.59 Å². The van der Waals surface area contributed by atoms with Gasteiger partial charge in [-0.2, -0.15) is 0 Å². The van der Waals surface area contributed by atoms with Crippen molar-refractivity contribution in [1.29, 1.82) is 0 Å². The summed E-state index contributed by atoms with van der Waals surface area (Å²) >= 11 is 1.38. The first-order valence-corrected chi connectivity index (χ1v) is 6.63. The molecule has 1 heterocycles. The van der Waals surface area contributed by atoms with Gasteiger partial charge < -0.3 is 5.11 Å². The number of aliphatic hydroxyl groups is 1. The Labute approximate surface area is 100 Å². The molecule has 0 aromatic carbocycles.